The second-order valence-corrected chi connectivity index (χ2v) is 4.66. The highest BCUT2D eigenvalue weighted by atomic mass is 35.5. The highest BCUT2D eigenvalue weighted by Gasteiger charge is 2.20. The minimum atomic E-state index is 0.555. The summed E-state index contributed by atoms with van der Waals surface area (Å²) in [6.45, 7) is 2.16. The molecule has 1 aliphatic carbocycles. The molecule has 1 fully saturated rings. The molecule has 1 aliphatic rings. The van der Waals surface area contributed by atoms with Crippen LogP contribution in [0.15, 0.2) is 6.07 Å². The molecule has 0 amide bonds. The van der Waals surface area contributed by atoms with Crippen molar-refractivity contribution in [3.05, 3.63) is 22.7 Å². The maximum atomic E-state index is 6.01. The maximum absolute atomic E-state index is 6.01. The van der Waals surface area contributed by atoms with Gasteiger partial charge >= 0.3 is 0 Å². The summed E-state index contributed by atoms with van der Waals surface area (Å²) in [6.07, 6.45) is 7.19. The number of hydrogen-bond donors (Lipinski definition) is 0. The van der Waals surface area contributed by atoms with Gasteiger partial charge in [-0.2, -0.15) is 0 Å². The number of aromatic nitrogens is 2. The van der Waals surface area contributed by atoms with E-state index in [-0.39, 0.29) is 0 Å². The standard InChI is InChI=1S/C12H17ClN2/c1-2-5-10-8-11(13)15-12(14-10)9-6-3-4-7-9/h8-9H,2-7H2,1H3. The lowest BCUT2D eigenvalue weighted by atomic mass is 10.1. The summed E-state index contributed by atoms with van der Waals surface area (Å²) in [5, 5.41) is 0.607. The molecule has 0 atom stereocenters. The predicted octanol–water partition coefficient (Wildman–Crippen LogP) is 3.74. The lowest BCUT2D eigenvalue weighted by Gasteiger charge is -2.09. The molecule has 0 radical (unpaired) electrons. The van der Waals surface area contributed by atoms with Crippen LogP contribution < -0.4 is 0 Å². The van der Waals surface area contributed by atoms with Gasteiger partial charge in [-0.3, -0.25) is 0 Å². The van der Waals surface area contributed by atoms with E-state index in [1.807, 2.05) is 6.07 Å². The van der Waals surface area contributed by atoms with Crippen LogP contribution in [-0.2, 0) is 6.42 Å². The smallest absolute Gasteiger partial charge is 0.133 e. The third-order valence-corrected chi connectivity index (χ3v) is 3.19. The number of aryl methyl sites for hydroxylation is 1. The molecule has 0 saturated heterocycles. The molecule has 2 rings (SSSR count). The lowest BCUT2D eigenvalue weighted by Crippen LogP contribution is -2.03. The summed E-state index contributed by atoms with van der Waals surface area (Å²) in [7, 11) is 0. The van der Waals surface area contributed by atoms with Gasteiger partial charge in [-0.15, -0.1) is 0 Å². The zero-order chi connectivity index (χ0) is 10.7. The summed E-state index contributed by atoms with van der Waals surface area (Å²) in [6, 6.07) is 1.89. The van der Waals surface area contributed by atoms with Gasteiger partial charge in [0.15, 0.2) is 0 Å². The average molecular weight is 225 g/mol. The first kappa shape index (κ1) is 10.9. The van der Waals surface area contributed by atoms with E-state index >= 15 is 0 Å². The zero-order valence-electron chi connectivity index (χ0n) is 9.17. The molecular weight excluding hydrogens is 208 g/mol. The highest BCUT2D eigenvalue weighted by molar-refractivity contribution is 6.29. The van der Waals surface area contributed by atoms with Gasteiger partial charge in [-0.1, -0.05) is 37.8 Å². The van der Waals surface area contributed by atoms with Crippen LogP contribution in [0.5, 0.6) is 0 Å². The van der Waals surface area contributed by atoms with Crippen LogP contribution in [0.2, 0.25) is 5.15 Å². The van der Waals surface area contributed by atoms with Crippen molar-refractivity contribution in [2.24, 2.45) is 0 Å². The fourth-order valence-electron chi connectivity index (χ4n) is 2.23. The molecule has 0 unspecified atom stereocenters. The van der Waals surface area contributed by atoms with Gasteiger partial charge in [-0.25, -0.2) is 9.97 Å². The van der Waals surface area contributed by atoms with Crippen LogP contribution in [0.4, 0.5) is 0 Å². The van der Waals surface area contributed by atoms with Crippen molar-refractivity contribution in [2.75, 3.05) is 0 Å². The van der Waals surface area contributed by atoms with Gasteiger partial charge in [0, 0.05) is 11.6 Å². The Morgan fingerprint density at radius 1 is 1.33 bits per heavy atom. The number of hydrogen-bond acceptors (Lipinski definition) is 2. The Morgan fingerprint density at radius 3 is 2.73 bits per heavy atom. The molecule has 0 N–H and O–H groups in total. The molecule has 2 nitrogen and oxygen atoms in total. The average Bonchev–Trinajstić information content (AvgIpc) is 2.70. The largest absolute Gasteiger partial charge is 0.238 e. The van der Waals surface area contributed by atoms with E-state index < -0.39 is 0 Å². The Hall–Kier alpha value is -0.630. The first-order chi connectivity index (χ1) is 7.29. The molecule has 1 saturated carbocycles. The molecule has 1 aromatic rings. The summed E-state index contributed by atoms with van der Waals surface area (Å²) in [5.41, 5.74) is 1.10. The highest BCUT2D eigenvalue weighted by Crippen LogP contribution is 2.32. The summed E-state index contributed by atoms with van der Waals surface area (Å²) in [5.74, 6) is 1.53. The molecule has 3 heteroatoms. The lowest BCUT2D eigenvalue weighted by molar-refractivity contribution is 0.658. The molecule has 0 spiro atoms. The van der Waals surface area contributed by atoms with Crippen molar-refractivity contribution in [1.29, 1.82) is 0 Å². The Bertz CT molecular complexity index is 332. The van der Waals surface area contributed by atoms with Crippen LogP contribution in [0.1, 0.15) is 56.5 Å². The van der Waals surface area contributed by atoms with Crippen LogP contribution >= 0.6 is 11.6 Å². The molecular formula is C12H17ClN2. The van der Waals surface area contributed by atoms with Crippen LogP contribution in [-0.4, -0.2) is 9.97 Å². The fraction of sp³-hybridized carbons (Fsp3) is 0.667. The van der Waals surface area contributed by atoms with Gasteiger partial charge in [0.05, 0.1) is 0 Å². The van der Waals surface area contributed by atoms with Gasteiger partial charge in [0.2, 0.25) is 0 Å². The third-order valence-electron chi connectivity index (χ3n) is 2.99. The summed E-state index contributed by atoms with van der Waals surface area (Å²) >= 11 is 6.01. The van der Waals surface area contributed by atoms with Crippen molar-refractivity contribution < 1.29 is 0 Å². The van der Waals surface area contributed by atoms with E-state index in [4.69, 9.17) is 11.6 Å². The van der Waals surface area contributed by atoms with Crippen molar-refractivity contribution >= 4 is 11.6 Å². The zero-order valence-corrected chi connectivity index (χ0v) is 9.93. The van der Waals surface area contributed by atoms with Gasteiger partial charge in [0.1, 0.15) is 11.0 Å². The molecule has 0 aliphatic heterocycles. The minimum absolute atomic E-state index is 0.555. The molecule has 0 aromatic carbocycles. The van der Waals surface area contributed by atoms with E-state index in [0.29, 0.717) is 11.1 Å². The van der Waals surface area contributed by atoms with E-state index in [2.05, 4.69) is 16.9 Å². The van der Waals surface area contributed by atoms with Crippen LogP contribution in [0, 0.1) is 0 Å². The number of rotatable bonds is 3. The monoisotopic (exact) mass is 224 g/mol. The second-order valence-electron chi connectivity index (χ2n) is 4.27. The predicted molar refractivity (Wildman–Crippen MR) is 62.2 cm³/mol. The quantitative estimate of drug-likeness (QED) is 0.731. The van der Waals surface area contributed by atoms with E-state index in [1.165, 1.54) is 25.7 Å². The number of nitrogens with zero attached hydrogens (tertiary/aromatic N) is 2. The SMILES string of the molecule is CCCc1cc(Cl)nc(C2CCCC2)n1. The van der Waals surface area contributed by atoms with Gasteiger partial charge in [0.25, 0.3) is 0 Å². The van der Waals surface area contributed by atoms with Crippen LogP contribution in [0.3, 0.4) is 0 Å². The van der Waals surface area contributed by atoms with Crippen molar-refractivity contribution in [3.8, 4) is 0 Å². The molecule has 0 bridgehead atoms. The van der Waals surface area contributed by atoms with Crippen molar-refractivity contribution in [1.82, 2.24) is 9.97 Å². The topological polar surface area (TPSA) is 25.8 Å². The van der Waals surface area contributed by atoms with Gasteiger partial charge < -0.3 is 0 Å². The first-order valence-electron chi connectivity index (χ1n) is 5.83. The Labute approximate surface area is 96.1 Å². The van der Waals surface area contributed by atoms with Gasteiger partial charge in [-0.05, 0) is 25.3 Å². The molecule has 15 heavy (non-hydrogen) atoms. The van der Waals surface area contributed by atoms with E-state index in [0.717, 1.165) is 24.4 Å². The third kappa shape index (κ3) is 2.69. The minimum Gasteiger partial charge on any atom is -0.238 e. The first-order valence-corrected chi connectivity index (χ1v) is 6.20. The Kier molecular flexibility index (Phi) is 3.57. The molecule has 1 aromatic heterocycles. The molecule has 1 heterocycles. The van der Waals surface area contributed by atoms with Crippen molar-refractivity contribution in [3.63, 3.8) is 0 Å². The summed E-state index contributed by atoms with van der Waals surface area (Å²) < 4.78 is 0. The van der Waals surface area contributed by atoms with E-state index in [1.54, 1.807) is 0 Å². The van der Waals surface area contributed by atoms with Crippen LogP contribution in [0.25, 0.3) is 0 Å². The number of halogens is 1. The molecule has 82 valence electrons. The Morgan fingerprint density at radius 2 is 2.07 bits per heavy atom. The normalized spacial score (nSPS) is 17.2. The Balaban J connectivity index is 2.22. The summed E-state index contributed by atoms with van der Waals surface area (Å²) in [4.78, 5) is 8.96. The fourth-order valence-corrected chi connectivity index (χ4v) is 2.45. The second kappa shape index (κ2) is 4.93. The van der Waals surface area contributed by atoms with Crippen molar-refractivity contribution in [2.45, 2.75) is 51.4 Å². The maximum Gasteiger partial charge on any atom is 0.133 e. The van der Waals surface area contributed by atoms with E-state index in [9.17, 15) is 0 Å².